The van der Waals surface area contributed by atoms with E-state index >= 15 is 0 Å². The summed E-state index contributed by atoms with van der Waals surface area (Å²) in [7, 11) is 2.30. The molecular weight excluding hydrogens is 170 g/mol. The number of rotatable bonds is 0. The van der Waals surface area contributed by atoms with Crippen molar-refractivity contribution in [3.8, 4) is 0 Å². The molecule has 1 spiro atoms. The summed E-state index contributed by atoms with van der Waals surface area (Å²) in [6.45, 7) is 8.70. The normalized spacial score (nSPS) is 36.4. The van der Waals surface area contributed by atoms with E-state index in [4.69, 9.17) is 0 Å². The lowest BCUT2D eigenvalue weighted by molar-refractivity contribution is 0.0476. The molecule has 0 aromatic heterocycles. The smallest absolute Gasteiger partial charge is 0.0126 e. The van der Waals surface area contributed by atoms with E-state index in [0.29, 0.717) is 10.8 Å². The average Bonchev–Trinajstić information content (AvgIpc) is 2.30. The summed E-state index contributed by atoms with van der Waals surface area (Å²) in [5.74, 6) is 0. The molecule has 82 valence electrons. The quantitative estimate of drug-likeness (QED) is 0.573. The van der Waals surface area contributed by atoms with Gasteiger partial charge < -0.3 is 4.90 Å². The second kappa shape index (κ2) is 3.23. The largest absolute Gasteiger partial charge is 0.303 e. The zero-order valence-corrected chi connectivity index (χ0v) is 10.3. The van der Waals surface area contributed by atoms with Crippen LogP contribution >= 0.6 is 0 Å². The molecule has 0 aromatic carbocycles. The first-order valence-corrected chi connectivity index (χ1v) is 6.20. The van der Waals surface area contributed by atoms with E-state index in [-0.39, 0.29) is 0 Å². The van der Waals surface area contributed by atoms with Gasteiger partial charge in [0, 0.05) is 12.6 Å². The highest BCUT2D eigenvalue weighted by Gasteiger charge is 2.55. The Kier molecular flexibility index (Phi) is 2.42. The molecule has 1 atom stereocenters. The topological polar surface area (TPSA) is 3.24 Å². The zero-order valence-electron chi connectivity index (χ0n) is 10.3. The first kappa shape index (κ1) is 10.5. The van der Waals surface area contributed by atoms with Crippen molar-refractivity contribution in [3.63, 3.8) is 0 Å². The van der Waals surface area contributed by atoms with Gasteiger partial charge in [-0.25, -0.2) is 0 Å². The standard InChI is InChI=1S/C13H25N/c1-11-13(8-6-5-7-9-13)12(2,3)10-14(11)4/h11H,5-10H2,1-4H3. The first-order chi connectivity index (χ1) is 6.50. The highest BCUT2D eigenvalue weighted by atomic mass is 15.2. The van der Waals surface area contributed by atoms with E-state index in [9.17, 15) is 0 Å². The van der Waals surface area contributed by atoms with Crippen LogP contribution < -0.4 is 0 Å². The molecule has 1 heterocycles. The molecule has 1 saturated heterocycles. The SMILES string of the molecule is CC1N(C)CC(C)(C)C12CCCCC2. The Morgan fingerprint density at radius 3 is 2.07 bits per heavy atom. The van der Waals surface area contributed by atoms with E-state index in [1.807, 2.05) is 0 Å². The minimum Gasteiger partial charge on any atom is -0.303 e. The average molecular weight is 195 g/mol. The molecule has 2 aliphatic rings. The van der Waals surface area contributed by atoms with Crippen LogP contribution in [0.25, 0.3) is 0 Å². The number of hydrogen-bond acceptors (Lipinski definition) is 1. The maximum Gasteiger partial charge on any atom is 0.0126 e. The van der Waals surface area contributed by atoms with E-state index in [2.05, 4.69) is 32.7 Å². The van der Waals surface area contributed by atoms with Gasteiger partial charge in [0.1, 0.15) is 0 Å². The van der Waals surface area contributed by atoms with Gasteiger partial charge in [-0.15, -0.1) is 0 Å². The monoisotopic (exact) mass is 195 g/mol. The van der Waals surface area contributed by atoms with Crippen molar-refractivity contribution in [1.29, 1.82) is 0 Å². The fourth-order valence-electron chi connectivity index (χ4n) is 4.18. The van der Waals surface area contributed by atoms with Crippen molar-refractivity contribution in [2.75, 3.05) is 13.6 Å². The molecule has 1 saturated carbocycles. The second-order valence-corrected chi connectivity index (χ2v) is 6.19. The summed E-state index contributed by atoms with van der Waals surface area (Å²) in [4.78, 5) is 2.57. The molecular formula is C13H25N. The maximum absolute atomic E-state index is 2.57. The molecule has 0 amide bonds. The van der Waals surface area contributed by atoms with Crippen molar-refractivity contribution in [1.82, 2.24) is 4.90 Å². The zero-order chi connectivity index (χ0) is 10.4. The summed E-state index contributed by atoms with van der Waals surface area (Å²) in [5.41, 5.74) is 1.15. The van der Waals surface area contributed by atoms with Gasteiger partial charge in [-0.05, 0) is 37.6 Å². The van der Waals surface area contributed by atoms with Gasteiger partial charge in [0.25, 0.3) is 0 Å². The third-order valence-corrected chi connectivity index (χ3v) is 5.20. The van der Waals surface area contributed by atoms with Crippen LogP contribution in [0.1, 0.15) is 52.9 Å². The van der Waals surface area contributed by atoms with Crippen LogP contribution in [0.2, 0.25) is 0 Å². The molecule has 0 aromatic rings. The Morgan fingerprint density at radius 1 is 1.07 bits per heavy atom. The highest BCUT2D eigenvalue weighted by molar-refractivity contribution is 5.07. The van der Waals surface area contributed by atoms with Crippen LogP contribution in [0, 0.1) is 10.8 Å². The molecule has 1 unspecified atom stereocenters. The highest BCUT2D eigenvalue weighted by Crippen LogP contribution is 2.57. The second-order valence-electron chi connectivity index (χ2n) is 6.19. The van der Waals surface area contributed by atoms with Crippen LogP contribution in [-0.4, -0.2) is 24.5 Å². The number of nitrogens with zero attached hydrogens (tertiary/aromatic N) is 1. The van der Waals surface area contributed by atoms with Gasteiger partial charge in [-0.1, -0.05) is 33.1 Å². The molecule has 0 radical (unpaired) electrons. The number of hydrogen-bond donors (Lipinski definition) is 0. The Balaban J connectivity index is 2.29. The van der Waals surface area contributed by atoms with Crippen LogP contribution in [0.15, 0.2) is 0 Å². The Labute approximate surface area is 88.9 Å². The predicted molar refractivity (Wildman–Crippen MR) is 61.4 cm³/mol. The van der Waals surface area contributed by atoms with Gasteiger partial charge in [0.2, 0.25) is 0 Å². The molecule has 0 N–H and O–H groups in total. The summed E-state index contributed by atoms with van der Waals surface area (Å²) in [5, 5.41) is 0. The summed E-state index contributed by atoms with van der Waals surface area (Å²) < 4.78 is 0. The first-order valence-electron chi connectivity index (χ1n) is 6.20. The lowest BCUT2D eigenvalue weighted by atomic mass is 9.58. The van der Waals surface area contributed by atoms with E-state index in [1.165, 1.54) is 38.6 Å². The van der Waals surface area contributed by atoms with Gasteiger partial charge in [0.15, 0.2) is 0 Å². The van der Waals surface area contributed by atoms with Crippen LogP contribution in [0.3, 0.4) is 0 Å². The van der Waals surface area contributed by atoms with Gasteiger partial charge in [-0.3, -0.25) is 0 Å². The summed E-state index contributed by atoms with van der Waals surface area (Å²) in [6.07, 6.45) is 7.31. The molecule has 1 aliphatic carbocycles. The fourth-order valence-corrected chi connectivity index (χ4v) is 4.18. The van der Waals surface area contributed by atoms with Gasteiger partial charge >= 0.3 is 0 Å². The Morgan fingerprint density at radius 2 is 1.64 bits per heavy atom. The van der Waals surface area contributed by atoms with Crippen molar-refractivity contribution in [2.24, 2.45) is 10.8 Å². The van der Waals surface area contributed by atoms with E-state index < -0.39 is 0 Å². The van der Waals surface area contributed by atoms with E-state index in [0.717, 1.165) is 6.04 Å². The molecule has 1 aliphatic heterocycles. The van der Waals surface area contributed by atoms with Crippen LogP contribution in [0.5, 0.6) is 0 Å². The lowest BCUT2D eigenvalue weighted by Gasteiger charge is -2.46. The maximum atomic E-state index is 2.57. The third kappa shape index (κ3) is 1.25. The van der Waals surface area contributed by atoms with Crippen molar-refractivity contribution < 1.29 is 0 Å². The molecule has 0 bridgehead atoms. The third-order valence-electron chi connectivity index (χ3n) is 5.20. The molecule has 14 heavy (non-hydrogen) atoms. The molecule has 2 rings (SSSR count). The molecule has 1 heteroatoms. The van der Waals surface area contributed by atoms with E-state index in [1.54, 1.807) is 0 Å². The summed E-state index contributed by atoms with van der Waals surface area (Å²) >= 11 is 0. The number of likely N-dealkylation sites (tertiary alicyclic amines) is 1. The van der Waals surface area contributed by atoms with Gasteiger partial charge in [-0.2, -0.15) is 0 Å². The summed E-state index contributed by atoms with van der Waals surface area (Å²) in [6, 6.07) is 0.790. The fraction of sp³-hybridized carbons (Fsp3) is 1.00. The van der Waals surface area contributed by atoms with Crippen LogP contribution in [0.4, 0.5) is 0 Å². The van der Waals surface area contributed by atoms with Gasteiger partial charge in [0.05, 0.1) is 0 Å². The molecule has 2 fully saturated rings. The van der Waals surface area contributed by atoms with Crippen molar-refractivity contribution in [2.45, 2.75) is 58.9 Å². The lowest BCUT2D eigenvalue weighted by Crippen LogP contribution is -2.43. The van der Waals surface area contributed by atoms with Crippen LogP contribution in [-0.2, 0) is 0 Å². The Bertz CT molecular complexity index is 213. The minimum atomic E-state index is 0.529. The Hall–Kier alpha value is -0.0400. The molecule has 1 nitrogen and oxygen atoms in total. The van der Waals surface area contributed by atoms with Crippen molar-refractivity contribution >= 4 is 0 Å². The minimum absolute atomic E-state index is 0.529. The van der Waals surface area contributed by atoms with Crippen molar-refractivity contribution in [3.05, 3.63) is 0 Å². The predicted octanol–water partition coefficient (Wildman–Crippen LogP) is 3.30.